The van der Waals surface area contributed by atoms with Crippen LogP contribution in [0.4, 0.5) is 8.78 Å². The minimum Gasteiger partial charge on any atom is -0.468 e. The van der Waals surface area contributed by atoms with Crippen molar-refractivity contribution >= 4 is 5.97 Å². The molecule has 1 aromatic carbocycles. The summed E-state index contributed by atoms with van der Waals surface area (Å²) in [5, 5.41) is 2.87. The number of hydrogen-bond donors (Lipinski definition) is 1. The van der Waals surface area contributed by atoms with E-state index in [0.29, 0.717) is 24.1 Å². The number of carbonyl (C=O) groups is 1. The number of esters is 1. The Labute approximate surface area is 91.4 Å². The van der Waals surface area contributed by atoms with Gasteiger partial charge in [0.1, 0.15) is 17.7 Å². The Balaban J connectivity index is 2.49. The maximum Gasteiger partial charge on any atom is 0.327 e. The van der Waals surface area contributed by atoms with Gasteiger partial charge in [0.05, 0.1) is 7.11 Å². The molecule has 86 valence electrons. The Kier molecular flexibility index (Phi) is 2.87. The summed E-state index contributed by atoms with van der Waals surface area (Å²) in [6.45, 7) is 0.468. The van der Waals surface area contributed by atoms with Crippen LogP contribution in [0.2, 0.25) is 0 Å². The first kappa shape index (κ1) is 11.0. The van der Waals surface area contributed by atoms with Crippen LogP contribution in [0.5, 0.6) is 0 Å². The monoisotopic (exact) mass is 227 g/mol. The fourth-order valence-corrected chi connectivity index (χ4v) is 1.92. The minimum atomic E-state index is -0.779. The van der Waals surface area contributed by atoms with E-state index in [2.05, 4.69) is 10.1 Å². The summed E-state index contributed by atoms with van der Waals surface area (Å²) in [6, 6.07) is 1.23. The molecule has 0 fully saturated rings. The van der Waals surface area contributed by atoms with E-state index in [1.54, 1.807) is 0 Å². The standard InChI is InChI=1S/C11H11F2NO2/c1-16-11(15)10-8-4-6(12)5-9(13)7(8)2-3-14-10/h4-5,10,14H,2-3H2,1H3. The number of ether oxygens (including phenoxy) is 1. The zero-order valence-electron chi connectivity index (χ0n) is 8.72. The predicted molar refractivity (Wildman–Crippen MR) is 52.8 cm³/mol. The van der Waals surface area contributed by atoms with Crippen LogP contribution >= 0.6 is 0 Å². The zero-order chi connectivity index (χ0) is 11.7. The molecule has 5 heteroatoms. The topological polar surface area (TPSA) is 38.3 Å². The van der Waals surface area contributed by atoms with E-state index in [-0.39, 0.29) is 0 Å². The van der Waals surface area contributed by atoms with E-state index >= 15 is 0 Å². The molecule has 0 saturated heterocycles. The molecule has 1 unspecified atom stereocenters. The molecule has 0 bridgehead atoms. The highest BCUT2D eigenvalue weighted by molar-refractivity contribution is 5.78. The third-order valence-corrected chi connectivity index (χ3v) is 2.67. The van der Waals surface area contributed by atoms with Crippen LogP contribution in [0, 0.1) is 11.6 Å². The molecule has 16 heavy (non-hydrogen) atoms. The normalized spacial score (nSPS) is 19.1. The van der Waals surface area contributed by atoms with E-state index in [9.17, 15) is 13.6 Å². The van der Waals surface area contributed by atoms with Crippen LogP contribution < -0.4 is 5.32 Å². The third-order valence-electron chi connectivity index (χ3n) is 2.67. The molecule has 0 saturated carbocycles. The Morgan fingerprint density at radius 2 is 2.25 bits per heavy atom. The lowest BCUT2D eigenvalue weighted by molar-refractivity contribution is -0.143. The van der Waals surface area contributed by atoms with E-state index in [1.165, 1.54) is 13.2 Å². The molecule has 1 aliphatic rings. The molecule has 1 atom stereocenters. The Bertz CT molecular complexity index is 434. The second kappa shape index (κ2) is 4.17. The molecular formula is C11H11F2NO2. The first-order valence-electron chi connectivity index (χ1n) is 4.92. The summed E-state index contributed by atoms with van der Waals surface area (Å²) < 4.78 is 31.1. The van der Waals surface area contributed by atoms with Crippen molar-refractivity contribution in [1.29, 1.82) is 0 Å². The van der Waals surface area contributed by atoms with Gasteiger partial charge in [-0.05, 0) is 23.6 Å². The second-order valence-electron chi connectivity index (χ2n) is 3.62. The van der Waals surface area contributed by atoms with E-state index in [0.717, 1.165) is 6.07 Å². The van der Waals surface area contributed by atoms with Crippen molar-refractivity contribution in [2.75, 3.05) is 13.7 Å². The van der Waals surface area contributed by atoms with Gasteiger partial charge in [-0.15, -0.1) is 0 Å². The average molecular weight is 227 g/mol. The molecular weight excluding hydrogens is 216 g/mol. The Hall–Kier alpha value is -1.49. The Morgan fingerprint density at radius 1 is 1.50 bits per heavy atom. The van der Waals surface area contributed by atoms with Crippen molar-refractivity contribution in [3.05, 3.63) is 34.9 Å². The van der Waals surface area contributed by atoms with Gasteiger partial charge in [-0.25, -0.2) is 13.6 Å². The first-order valence-corrected chi connectivity index (χ1v) is 4.92. The molecule has 0 radical (unpaired) electrons. The van der Waals surface area contributed by atoms with E-state index < -0.39 is 23.6 Å². The fourth-order valence-electron chi connectivity index (χ4n) is 1.92. The molecule has 1 aromatic rings. The molecule has 2 rings (SSSR count). The average Bonchev–Trinajstić information content (AvgIpc) is 2.27. The molecule has 0 aromatic heterocycles. The molecule has 0 spiro atoms. The molecule has 0 amide bonds. The highest BCUT2D eigenvalue weighted by Crippen LogP contribution is 2.27. The largest absolute Gasteiger partial charge is 0.468 e. The van der Waals surface area contributed by atoms with Crippen LogP contribution in [-0.4, -0.2) is 19.6 Å². The summed E-state index contributed by atoms with van der Waals surface area (Å²) in [7, 11) is 1.24. The number of nitrogens with one attached hydrogen (secondary N) is 1. The van der Waals surface area contributed by atoms with Crippen molar-refractivity contribution in [2.45, 2.75) is 12.5 Å². The summed E-state index contributed by atoms with van der Waals surface area (Å²) in [5.74, 6) is -1.83. The first-order chi connectivity index (χ1) is 7.63. The van der Waals surface area contributed by atoms with Gasteiger partial charge in [-0.1, -0.05) is 0 Å². The van der Waals surface area contributed by atoms with Gasteiger partial charge in [-0.2, -0.15) is 0 Å². The highest BCUT2D eigenvalue weighted by atomic mass is 19.1. The van der Waals surface area contributed by atoms with Crippen molar-refractivity contribution in [2.24, 2.45) is 0 Å². The lowest BCUT2D eigenvalue weighted by Gasteiger charge is -2.25. The zero-order valence-corrected chi connectivity index (χ0v) is 8.72. The molecule has 3 nitrogen and oxygen atoms in total. The summed E-state index contributed by atoms with van der Waals surface area (Å²) in [6.07, 6.45) is 0.439. The van der Waals surface area contributed by atoms with Crippen molar-refractivity contribution in [1.82, 2.24) is 5.32 Å². The van der Waals surface area contributed by atoms with E-state index in [1.807, 2.05) is 0 Å². The summed E-state index contributed by atoms with van der Waals surface area (Å²) >= 11 is 0. The Morgan fingerprint density at radius 3 is 2.94 bits per heavy atom. The molecule has 1 heterocycles. The summed E-state index contributed by atoms with van der Waals surface area (Å²) in [5.41, 5.74) is 0.714. The summed E-state index contributed by atoms with van der Waals surface area (Å²) in [4.78, 5) is 11.4. The van der Waals surface area contributed by atoms with Crippen molar-refractivity contribution in [3.8, 4) is 0 Å². The molecule has 1 aliphatic heterocycles. The minimum absolute atomic E-state index is 0.329. The van der Waals surface area contributed by atoms with Crippen molar-refractivity contribution < 1.29 is 18.3 Å². The number of hydrogen-bond acceptors (Lipinski definition) is 3. The van der Waals surface area contributed by atoms with Crippen LogP contribution in [0.25, 0.3) is 0 Å². The van der Waals surface area contributed by atoms with Gasteiger partial charge in [0.25, 0.3) is 0 Å². The fraction of sp³-hybridized carbons (Fsp3) is 0.364. The van der Waals surface area contributed by atoms with Crippen molar-refractivity contribution in [3.63, 3.8) is 0 Å². The third kappa shape index (κ3) is 1.78. The second-order valence-corrected chi connectivity index (χ2v) is 3.62. The van der Waals surface area contributed by atoms with Crippen LogP contribution in [0.15, 0.2) is 12.1 Å². The van der Waals surface area contributed by atoms with Gasteiger partial charge in [0, 0.05) is 12.6 Å². The van der Waals surface area contributed by atoms with Crippen LogP contribution in [0.1, 0.15) is 17.2 Å². The maximum absolute atomic E-state index is 13.5. The number of benzene rings is 1. The van der Waals surface area contributed by atoms with Gasteiger partial charge >= 0.3 is 5.97 Å². The van der Waals surface area contributed by atoms with Crippen LogP contribution in [-0.2, 0) is 16.0 Å². The van der Waals surface area contributed by atoms with Crippen LogP contribution in [0.3, 0.4) is 0 Å². The van der Waals surface area contributed by atoms with Gasteiger partial charge in [0.2, 0.25) is 0 Å². The number of rotatable bonds is 1. The SMILES string of the molecule is COC(=O)C1NCCc2c(F)cc(F)cc21. The number of carbonyl (C=O) groups excluding carboxylic acids is 1. The van der Waals surface area contributed by atoms with Gasteiger partial charge in [-0.3, -0.25) is 0 Å². The number of fused-ring (bicyclic) bond motifs is 1. The lowest BCUT2D eigenvalue weighted by atomic mass is 9.93. The smallest absolute Gasteiger partial charge is 0.327 e. The van der Waals surface area contributed by atoms with Gasteiger partial charge in [0.15, 0.2) is 0 Å². The number of halogens is 2. The number of methoxy groups -OCH3 is 1. The lowest BCUT2D eigenvalue weighted by Crippen LogP contribution is -2.36. The predicted octanol–water partition coefficient (Wildman–Crippen LogP) is 1.32. The molecule has 0 aliphatic carbocycles. The quantitative estimate of drug-likeness (QED) is 0.735. The molecule has 1 N–H and O–H groups in total. The van der Waals surface area contributed by atoms with Gasteiger partial charge < -0.3 is 10.1 Å². The van der Waals surface area contributed by atoms with E-state index in [4.69, 9.17) is 0 Å². The highest BCUT2D eigenvalue weighted by Gasteiger charge is 2.29. The maximum atomic E-state index is 13.5.